The summed E-state index contributed by atoms with van der Waals surface area (Å²) < 4.78 is 11.9. The van der Waals surface area contributed by atoms with Gasteiger partial charge in [0.15, 0.2) is 0 Å². The molecular weight excluding hydrogens is 282 g/mol. The SMILES string of the molecule is CS(=O)c1cc(-c2ccccn2)nc(-c2ccccn2)c1. The molecule has 3 heterocycles. The molecule has 0 bridgehead atoms. The molecule has 5 heteroatoms. The fourth-order valence-electron chi connectivity index (χ4n) is 1.96. The third kappa shape index (κ3) is 3.03. The zero-order valence-corrected chi connectivity index (χ0v) is 12.2. The third-order valence-electron chi connectivity index (χ3n) is 2.99. The molecule has 0 saturated carbocycles. The van der Waals surface area contributed by atoms with Gasteiger partial charge in [-0.05, 0) is 36.4 Å². The van der Waals surface area contributed by atoms with Gasteiger partial charge < -0.3 is 0 Å². The lowest BCUT2D eigenvalue weighted by molar-refractivity contribution is 0.686. The number of pyridine rings is 3. The average molecular weight is 295 g/mol. The maximum absolute atomic E-state index is 11.9. The van der Waals surface area contributed by atoms with Crippen LogP contribution < -0.4 is 0 Å². The van der Waals surface area contributed by atoms with Crippen LogP contribution in [0.25, 0.3) is 22.8 Å². The van der Waals surface area contributed by atoms with Crippen LogP contribution in [0, 0.1) is 0 Å². The summed E-state index contributed by atoms with van der Waals surface area (Å²) in [6.07, 6.45) is 5.08. The largest absolute Gasteiger partial charge is 0.255 e. The predicted octanol–water partition coefficient (Wildman–Crippen LogP) is 2.94. The minimum absolute atomic E-state index is 0.698. The summed E-state index contributed by atoms with van der Waals surface area (Å²) in [4.78, 5) is 13.9. The molecule has 0 radical (unpaired) electrons. The van der Waals surface area contributed by atoms with Gasteiger partial charge in [0.2, 0.25) is 0 Å². The van der Waals surface area contributed by atoms with Crippen molar-refractivity contribution in [2.75, 3.05) is 6.26 Å². The first-order chi connectivity index (χ1) is 10.2. The van der Waals surface area contributed by atoms with Gasteiger partial charge in [-0.25, -0.2) is 4.98 Å². The molecule has 4 nitrogen and oxygen atoms in total. The van der Waals surface area contributed by atoms with Crippen LogP contribution in [0.1, 0.15) is 0 Å². The Morgan fingerprint density at radius 3 is 1.71 bits per heavy atom. The highest BCUT2D eigenvalue weighted by Crippen LogP contribution is 2.23. The van der Waals surface area contributed by atoms with Crippen LogP contribution in [0.4, 0.5) is 0 Å². The normalized spacial score (nSPS) is 12.0. The lowest BCUT2D eigenvalue weighted by Gasteiger charge is -2.07. The first-order valence-corrected chi connectivity index (χ1v) is 7.98. The van der Waals surface area contributed by atoms with Crippen molar-refractivity contribution >= 4 is 10.8 Å². The summed E-state index contributed by atoms with van der Waals surface area (Å²) in [5.41, 5.74) is 2.90. The molecule has 3 rings (SSSR count). The summed E-state index contributed by atoms with van der Waals surface area (Å²) in [6.45, 7) is 0. The highest BCUT2D eigenvalue weighted by Gasteiger charge is 2.10. The summed E-state index contributed by atoms with van der Waals surface area (Å²) in [5, 5.41) is 0. The fourth-order valence-corrected chi connectivity index (χ4v) is 2.52. The molecule has 21 heavy (non-hydrogen) atoms. The van der Waals surface area contributed by atoms with Crippen molar-refractivity contribution in [2.24, 2.45) is 0 Å². The van der Waals surface area contributed by atoms with Crippen LogP contribution in [0.5, 0.6) is 0 Å². The average Bonchev–Trinajstić information content (AvgIpc) is 2.56. The molecule has 0 spiro atoms. The smallest absolute Gasteiger partial charge is 0.0906 e. The van der Waals surface area contributed by atoms with Gasteiger partial charge in [0.1, 0.15) is 0 Å². The van der Waals surface area contributed by atoms with Crippen LogP contribution in [0.2, 0.25) is 0 Å². The van der Waals surface area contributed by atoms with Crippen molar-refractivity contribution in [3.8, 4) is 22.8 Å². The topological polar surface area (TPSA) is 55.7 Å². The van der Waals surface area contributed by atoms with Crippen LogP contribution in [-0.4, -0.2) is 25.4 Å². The molecule has 0 aliphatic heterocycles. The van der Waals surface area contributed by atoms with Gasteiger partial charge >= 0.3 is 0 Å². The standard InChI is InChI=1S/C16H13N3OS/c1-21(20)12-10-15(13-6-2-4-8-17-13)19-16(11-12)14-7-3-5-9-18-14/h2-11H,1H3. The highest BCUT2D eigenvalue weighted by molar-refractivity contribution is 7.84. The van der Waals surface area contributed by atoms with E-state index in [2.05, 4.69) is 15.0 Å². The first kappa shape index (κ1) is 13.6. The minimum atomic E-state index is -1.09. The zero-order chi connectivity index (χ0) is 14.7. The van der Waals surface area contributed by atoms with E-state index in [-0.39, 0.29) is 0 Å². The molecule has 3 aromatic heterocycles. The zero-order valence-electron chi connectivity index (χ0n) is 11.4. The minimum Gasteiger partial charge on any atom is -0.255 e. The second kappa shape index (κ2) is 5.93. The summed E-state index contributed by atoms with van der Waals surface area (Å²) >= 11 is 0. The number of hydrogen-bond acceptors (Lipinski definition) is 4. The van der Waals surface area contributed by atoms with Gasteiger partial charge in [0.05, 0.1) is 22.8 Å². The Morgan fingerprint density at radius 2 is 1.33 bits per heavy atom. The summed E-state index contributed by atoms with van der Waals surface area (Å²) in [5.74, 6) is 0. The number of hydrogen-bond donors (Lipinski definition) is 0. The van der Waals surface area contributed by atoms with E-state index in [0.29, 0.717) is 16.3 Å². The van der Waals surface area contributed by atoms with Crippen molar-refractivity contribution in [3.05, 3.63) is 60.9 Å². The fraction of sp³-hybridized carbons (Fsp3) is 0.0625. The molecule has 0 amide bonds. The lowest BCUT2D eigenvalue weighted by atomic mass is 10.2. The van der Waals surface area contributed by atoms with Crippen LogP contribution in [0.15, 0.2) is 65.8 Å². The highest BCUT2D eigenvalue weighted by atomic mass is 32.2. The molecule has 0 aliphatic carbocycles. The molecule has 0 aliphatic rings. The maximum Gasteiger partial charge on any atom is 0.0906 e. The van der Waals surface area contributed by atoms with Gasteiger partial charge in [0, 0.05) is 34.3 Å². The lowest BCUT2D eigenvalue weighted by Crippen LogP contribution is -1.96. The van der Waals surface area contributed by atoms with E-state index in [1.165, 1.54) is 0 Å². The van der Waals surface area contributed by atoms with E-state index < -0.39 is 10.8 Å². The van der Waals surface area contributed by atoms with E-state index in [1.807, 2.05) is 48.5 Å². The Balaban J connectivity index is 2.18. The number of nitrogens with zero attached hydrogens (tertiary/aromatic N) is 3. The van der Waals surface area contributed by atoms with Gasteiger partial charge in [0.25, 0.3) is 0 Å². The maximum atomic E-state index is 11.9. The molecule has 0 N–H and O–H groups in total. The molecule has 1 atom stereocenters. The Kier molecular flexibility index (Phi) is 3.83. The van der Waals surface area contributed by atoms with E-state index in [1.54, 1.807) is 18.6 Å². The van der Waals surface area contributed by atoms with Crippen molar-refractivity contribution in [2.45, 2.75) is 4.90 Å². The van der Waals surface area contributed by atoms with Crippen molar-refractivity contribution in [1.29, 1.82) is 0 Å². The Hall–Kier alpha value is -2.40. The second-order valence-corrected chi connectivity index (χ2v) is 5.84. The third-order valence-corrected chi connectivity index (χ3v) is 3.88. The molecule has 0 fully saturated rings. The van der Waals surface area contributed by atoms with Crippen LogP contribution in [-0.2, 0) is 10.8 Å². The van der Waals surface area contributed by atoms with Gasteiger partial charge in [-0.1, -0.05) is 12.1 Å². The van der Waals surface area contributed by atoms with E-state index >= 15 is 0 Å². The van der Waals surface area contributed by atoms with Crippen molar-refractivity contribution in [1.82, 2.24) is 15.0 Å². The van der Waals surface area contributed by atoms with E-state index in [4.69, 9.17) is 0 Å². The Labute approximate surface area is 125 Å². The number of rotatable bonds is 3. The van der Waals surface area contributed by atoms with Crippen LogP contribution in [0.3, 0.4) is 0 Å². The molecular formula is C16H13N3OS. The van der Waals surface area contributed by atoms with E-state index in [9.17, 15) is 4.21 Å². The number of aromatic nitrogens is 3. The van der Waals surface area contributed by atoms with Gasteiger partial charge in [-0.2, -0.15) is 0 Å². The molecule has 0 aromatic carbocycles. The predicted molar refractivity (Wildman–Crippen MR) is 83.0 cm³/mol. The quantitative estimate of drug-likeness (QED) is 0.745. The Bertz CT molecular complexity index is 718. The van der Waals surface area contributed by atoms with Gasteiger partial charge in [-0.3, -0.25) is 14.2 Å². The summed E-state index contributed by atoms with van der Waals surface area (Å²) in [7, 11) is -1.09. The Morgan fingerprint density at radius 1 is 0.810 bits per heavy atom. The first-order valence-electron chi connectivity index (χ1n) is 6.42. The van der Waals surface area contributed by atoms with Gasteiger partial charge in [-0.15, -0.1) is 0 Å². The van der Waals surface area contributed by atoms with Crippen LogP contribution >= 0.6 is 0 Å². The van der Waals surface area contributed by atoms with E-state index in [0.717, 1.165) is 11.4 Å². The second-order valence-electron chi connectivity index (χ2n) is 4.46. The molecule has 0 saturated heterocycles. The van der Waals surface area contributed by atoms with Crippen molar-refractivity contribution < 1.29 is 4.21 Å². The molecule has 104 valence electrons. The monoisotopic (exact) mass is 295 g/mol. The summed E-state index contributed by atoms with van der Waals surface area (Å²) in [6, 6.07) is 14.9. The van der Waals surface area contributed by atoms with Crippen molar-refractivity contribution in [3.63, 3.8) is 0 Å². The molecule has 3 aromatic rings. The molecule has 1 unspecified atom stereocenters.